The fourth-order valence-corrected chi connectivity index (χ4v) is 1.54. The highest BCUT2D eigenvalue weighted by molar-refractivity contribution is 5.17. The predicted molar refractivity (Wildman–Crippen MR) is 60.4 cm³/mol. The van der Waals surface area contributed by atoms with E-state index >= 15 is 0 Å². The standard InChI is InChI=1S/C13H14FNO/c1-10(13-7-4-8-16-13)15-9-11-5-2-3-6-12(11)14/h2-8,10,15H,9H2,1H3/t10-/m1/s1. The van der Waals surface area contributed by atoms with E-state index in [1.165, 1.54) is 6.07 Å². The molecule has 84 valence electrons. The second-order valence-electron chi connectivity index (χ2n) is 3.71. The van der Waals surface area contributed by atoms with Crippen LogP contribution in [0.1, 0.15) is 24.3 Å². The average molecular weight is 219 g/mol. The monoisotopic (exact) mass is 219 g/mol. The van der Waals surface area contributed by atoms with Gasteiger partial charge in [-0.15, -0.1) is 0 Å². The second kappa shape index (κ2) is 4.94. The molecule has 0 saturated carbocycles. The Kier molecular flexibility index (Phi) is 3.37. The minimum Gasteiger partial charge on any atom is -0.468 e. The van der Waals surface area contributed by atoms with Crippen LogP contribution in [0.5, 0.6) is 0 Å². The van der Waals surface area contributed by atoms with Crippen molar-refractivity contribution >= 4 is 0 Å². The summed E-state index contributed by atoms with van der Waals surface area (Å²) >= 11 is 0. The van der Waals surface area contributed by atoms with Crippen molar-refractivity contribution in [2.75, 3.05) is 0 Å². The van der Waals surface area contributed by atoms with E-state index in [9.17, 15) is 4.39 Å². The molecule has 0 bridgehead atoms. The van der Waals surface area contributed by atoms with Gasteiger partial charge in [0.15, 0.2) is 0 Å². The lowest BCUT2D eigenvalue weighted by molar-refractivity contribution is 0.427. The fraction of sp³-hybridized carbons (Fsp3) is 0.231. The largest absolute Gasteiger partial charge is 0.468 e. The van der Waals surface area contributed by atoms with Crippen LogP contribution in [-0.2, 0) is 6.54 Å². The highest BCUT2D eigenvalue weighted by Crippen LogP contribution is 2.14. The first-order valence-electron chi connectivity index (χ1n) is 5.27. The first-order chi connectivity index (χ1) is 7.77. The normalized spacial score (nSPS) is 12.6. The Bertz CT molecular complexity index is 439. The summed E-state index contributed by atoms with van der Waals surface area (Å²) < 4.78 is 18.6. The molecule has 0 unspecified atom stereocenters. The maximum atomic E-state index is 13.3. The van der Waals surface area contributed by atoms with Gasteiger partial charge >= 0.3 is 0 Å². The van der Waals surface area contributed by atoms with Crippen molar-refractivity contribution in [3.63, 3.8) is 0 Å². The molecule has 1 heterocycles. The van der Waals surface area contributed by atoms with E-state index < -0.39 is 0 Å². The number of benzene rings is 1. The quantitative estimate of drug-likeness (QED) is 0.853. The SMILES string of the molecule is C[C@@H](NCc1ccccc1F)c1ccco1. The molecule has 1 N–H and O–H groups in total. The number of nitrogens with one attached hydrogen (secondary N) is 1. The molecule has 0 aliphatic heterocycles. The number of furan rings is 1. The molecule has 0 aliphatic rings. The Morgan fingerprint density at radius 2 is 2.06 bits per heavy atom. The van der Waals surface area contributed by atoms with Crippen molar-refractivity contribution in [2.45, 2.75) is 19.5 Å². The van der Waals surface area contributed by atoms with Crippen molar-refractivity contribution in [1.29, 1.82) is 0 Å². The number of halogens is 1. The van der Waals surface area contributed by atoms with Crippen LogP contribution >= 0.6 is 0 Å². The van der Waals surface area contributed by atoms with E-state index in [4.69, 9.17) is 4.42 Å². The molecular formula is C13H14FNO. The molecule has 0 radical (unpaired) electrons. The van der Waals surface area contributed by atoms with Gasteiger partial charge in [0.1, 0.15) is 11.6 Å². The first kappa shape index (κ1) is 10.9. The van der Waals surface area contributed by atoms with Gasteiger partial charge in [-0.05, 0) is 25.1 Å². The summed E-state index contributed by atoms with van der Waals surface area (Å²) in [6.07, 6.45) is 1.64. The Hall–Kier alpha value is -1.61. The molecule has 1 aromatic heterocycles. The Balaban J connectivity index is 1.95. The van der Waals surface area contributed by atoms with E-state index in [2.05, 4.69) is 5.32 Å². The van der Waals surface area contributed by atoms with Gasteiger partial charge in [-0.2, -0.15) is 0 Å². The van der Waals surface area contributed by atoms with E-state index in [0.29, 0.717) is 12.1 Å². The minimum atomic E-state index is -0.179. The van der Waals surface area contributed by atoms with Crippen molar-refractivity contribution < 1.29 is 8.81 Å². The Morgan fingerprint density at radius 3 is 2.75 bits per heavy atom. The smallest absolute Gasteiger partial charge is 0.127 e. The predicted octanol–water partition coefficient (Wildman–Crippen LogP) is 3.27. The highest BCUT2D eigenvalue weighted by atomic mass is 19.1. The van der Waals surface area contributed by atoms with Crippen molar-refractivity contribution in [1.82, 2.24) is 5.32 Å². The van der Waals surface area contributed by atoms with E-state index in [1.807, 2.05) is 25.1 Å². The Morgan fingerprint density at radius 1 is 1.25 bits per heavy atom. The molecule has 16 heavy (non-hydrogen) atoms. The van der Waals surface area contributed by atoms with Crippen molar-refractivity contribution in [3.05, 3.63) is 59.8 Å². The zero-order chi connectivity index (χ0) is 11.4. The van der Waals surface area contributed by atoms with Gasteiger partial charge in [0, 0.05) is 12.1 Å². The van der Waals surface area contributed by atoms with Gasteiger partial charge < -0.3 is 9.73 Å². The minimum absolute atomic E-state index is 0.0783. The number of hydrogen-bond acceptors (Lipinski definition) is 2. The molecular weight excluding hydrogens is 205 g/mol. The van der Waals surface area contributed by atoms with Crippen LogP contribution in [-0.4, -0.2) is 0 Å². The molecule has 0 amide bonds. The maximum absolute atomic E-state index is 13.3. The van der Waals surface area contributed by atoms with Crippen molar-refractivity contribution in [2.24, 2.45) is 0 Å². The van der Waals surface area contributed by atoms with Crippen LogP contribution in [0.25, 0.3) is 0 Å². The summed E-state index contributed by atoms with van der Waals surface area (Å²) in [5.74, 6) is 0.679. The molecule has 2 aromatic rings. The molecule has 2 nitrogen and oxygen atoms in total. The molecule has 0 spiro atoms. The van der Waals surface area contributed by atoms with Crippen LogP contribution < -0.4 is 5.32 Å². The third-order valence-corrected chi connectivity index (χ3v) is 2.53. The van der Waals surface area contributed by atoms with Crippen LogP contribution in [0.15, 0.2) is 47.1 Å². The summed E-state index contributed by atoms with van der Waals surface area (Å²) in [7, 11) is 0. The fourth-order valence-electron chi connectivity index (χ4n) is 1.54. The molecule has 0 fully saturated rings. The summed E-state index contributed by atoms with van der Waals surface area (Å²) in [4.78, 5) is 0. The second-order valence-corrected chi connectivity index (χ2v) is 3.71. The van der Waals surface area contributed by atoms with Crippen molar-refractivity contribution in [3.8, 4) is 0 Å². The maximum Gasteiger partial charge on any atom is 0.127 e. The molecule has 1 atom stereocenters. The molecule has 0 saturated heterocycles. The van der Waals surface area contributed by atoms with Gasteiger partial charge in [-0.25, -0.2) is 4.39 Å². The van der Waals surface area contributed by atoms with Gasteiger partial charge in [0.05, 0.1) is 12.3 Å². The topological polar surface area (TPSA) is 25.2 Å². The van der Waals surface area contributed by atoms with E-state index in [-0.39, 0.29) is 11.9 Å². The third-order valence-electron chi connectivity index (χ3n) is 2.53. The lowest BCUT2D eigenvalue weighted by atomic mass is 10.2. The first-order valence-corrected chi connectivity index (χ1v) is 5.27. The molecule has 2 rings (SSSR count). The zero-order valence-electron chi connectivity index (χ0n) is 9.11. The average Bonchev–Trinajstić information content (AvgIpc) is 2.81. The van der Waals surface area contributed by atoms with Gasteiger partial charge in [-0.1, -0.05) is 18.2 Å². The summed E-state index contributed by atoms with van der Waals surface area (Å²) in [6, 6.07) is 10.6. The molecule has 1 aromatic carbocycles. The summed E-state index contributed by atoms with van der Waals surface area (Å²) in [6.45, 7) is 2.48. The van der Waals surface area contributed by atoms with Crippen LogP contribution in [0, 0.1) is 5.82 Å². The lowest BCUT2D eigenvalue weighted by Crippen LogP contribution is -2.18. The zero-order valence-corrected chi connectivity index (χ0v) is 9.11. The van der Waals surface area contributed by atoms with Crippen LogP contribution in [0.4, 0.5) is 4.39 Å². The summed E-state index contributed by atoms with van der Waals surface area (Å²) in [5.41, 5.74) is 0.668. The van der Waals surface area contributed by atoms with Gasteiger partial charge in [-0.3, -0.25) is 0 Å². The van der Waals surface area contributed by atoms with E-state index in [0.717, 1.165) is 5.76 Å². The number of rotatable bonds is 4. The molecule has 3 heteroatoms. The molecule has 0 aliphatic carbocycles. The van der Waals surface area contributed by atoms with Crippen LogP contribution in [0.3, 0.4) is 0 Å². The summed E-state index contributed by atoms with van der Waals surface area (Å²) in [5, 5.41) is 3.21. The lowest BCUT2D eigenvalue weighted by Gasteiger charge is -2.11. The van der Waals surface area contributed by atoms with Gasteiger partial charge in [0.2, 0.25) is 0 Å². The highest BCUT2D eigenvalue weighted by Gasteiger charge is 2.08. The third kappa shape index (κ3) is 2.49. The Labute approximate surface area is 94.1 Å². The van der Waals surface area contributed by atoms with Gasteiger partial charge in [0.25, 0.3) is 0 Å². The van der Waals surface area contributed by atoms with Crippen LogP contribution in [0.2, 0.25) is 0 Å². The van der Waals surface area contributed by atoms with E-state index in [1.54, 1.807) is 18.4 Å². The number of hydrogen-bond donors (Lipinski definition) is 1.